The van der Waals surface area contributed by atoms with Crippen LogP contribution in [0.3, 0.4) is 0 Å². The topological polar surface area (TPSA) is 88.9 Å². The number of ether oxygens (including phenoxy) is 1. The number of tetrazole rings is 1. The van der Waals surface area contributed by atoms with Gasteiger partial charge in [-0.1, -0.05) is 44.4 Å². The molecular weight excluding hydrogens is 476 g/mol. The lowest BCUT2D eigenvalue weighted by Crippen LogP contribution is -2.33. The molecule has 2 aromatic carbocycles. The summed E-state index contributed by atoms with van der Waals surface area (Å²) >= 11 is 0. The van der Waals surface area contributed by atoms with Crippen LogP contribution in [0.1, 0.15) is 85.6 Å². The van der Waals surface area contributed by atoms with Crippen LogP contribution < -0.4 is 10.3 Å². The number of rotatable bonds is 9. The summed E-state index contributed by atoms with van der Waals surface area (Å²) in [5.74, 6) is 1.71. The standard InChI is InChI=1S/C30H38N6O2/c1-5-28(29-32-33-34-36(29)24-9-7-6-8-10-24)35(18-22-11-13-25(38-4)14-12-22)19-23-17-26-21(3)15-20(2)16-27(26)31-30(23)37/h11-17,24,28H,5-10,18-19H2,1-4H3,(H,31,37). The number of pyridine rings is 1. The molecule has 0 radical (unpaired) electrons. The van der Waals surface area contributed by atoms with E-state index >= 15 is 0 Å². The summed E-state index contributed by atoms with van der Waals surface area (Å²) in [6.45, 7) is 7.46. The van der Waals surface area contributed by atoms with E-state index in [0.29, 0.717) is 19.1 Å². The molecule has 0 spiro atoms. The number of aryl methyl sites for hydroxylation is 2. The van der Waals surface area contributed by atoms with Gasteiger partial charge in [0, 0.05) is 29.6 Å². The molecule has 1 aliphatic rings. The zero-order valence-electron chi connectivity index (χ0n) is 22.9. The molecule has 1 fully saturated rings. The predicted octanol–water partition coefficient (Wildman–Crippen LogP) is 5.80. The zero-order chi connectivity index (χ0) is 26.6. The number of aromatic nitrogens is 5. The van der Waals surface area contributed by atoms with Gasteiger partial charge in [0.1, 0.15) is 5.75 Å². The molecule has 0 bridgehead atoms. The zero-order valence-corrected chi connectivity index (χ0v) is 22.9. The molecule has 0 aliphatic heterocycles. The molecule has 4 aromatic rings. The van der Waals surface area contributed by atoms with Crippen LogP contribution in [-0.2, 0) is 13.1 Å². The number of aromatic amines is 1. The lowest BCUT2D eigenvalue weighted by atomic mass is 9.95. The second kappa shape index (κ2) is 11.5. The van der Waals surface area contributed by atoms with Gasteiger partial charge in [0.25, 0.3) is 5.56 Å². The van der Waals surface area contributed by atoms with Gasteiger partial charge in [-0.25, -0.2) is 4.68 Å². The summed E-state index contributed by atoms with van der Waals surface area (Å²) in [5.41, 5.74) is 5.01. The van der Waals surface area contributed by atoms with E-state index in [4.69, 9.17) is 4.74 Å². The van der Waals surface area contributed by atoms with Crippen molar-refractivity contribution in [3.05, 3.63) is 80.9 Å². The second-order valence-corrected chi connectivity index (χ2v) is 10.6. The number of nitrogens with zero attached hydrogens (tertiary/aromatic N) is 5. The van der Waals surface area contributed by atoms with Crippen LogP contribution in [0, 0.1) is 13.8 Å². The van der Waals surface area contributed by atoms with E-state index in [-0.39, 0.29) is 11.6 Å². The molecule has 1 saturated carbocycles. The Morgan fingerprint density at radius 1 is 1.08 bits per heavy atom. The summed E-state index contributed by atoms with van der Waals surface area (Å²) in [5, 5.41) is 14.2. The molecule has 1 unspecified atom stereocenters. The van der Waals surface area contributed by atoms with Gasteiger partial charge in [0.15, 0.2) is 5.82 Å². The number of H-pyrrole nitrogens is 1. The van der Waals surface area contributed by atoms with E-state index in [0.717, 1.165) is 64.0 Å². The molecule has 5 rings (SSSR count). The highest BCUT2D eigenvalue weighted by Gasteiger charge is 2.29. The fraction of sp³-hybridized carbons (Fsp3) is 0.467. The summed E-state index contributed by atoms with van der Waals surface area (Å²) in [7, 11) is 1.68. The fourth-order valence-corrected chi connectivity index (χ4v) is 5.90. The molecule has 2 aromatic heterocycles. The SMILES string of the molecule is CCC(c1nnnn1C1CCCCC1)N(Cc1ccc(OC)cc1)Cc1cc2c(C)cc(C)cc2[nH]c1=O. The Balaban J connectivity index is 1.53. The third-order valence-electron chi connectivity index (χ3n) is 7.87. The van der Waals surface area contributed by atoms with E-state index in [2.05, 4.69) is 75.1 Å². The average Bonchev–Trinajstić information content (AvgIpc) is 3.40. The lowest BCUT2D eigenvalue weighted by Gasteiger charge is -2.32. The first-order valence-electron chi connectivity index (χ1n) is 13.7. The number of fused-ring (bicyclic) bond motifs is 1. The quantitative estimate of drug-likeness (QED) is 0.304. The maximum Gasteiger partial charge on any atom is 0.252 e. The molecule has 1 aliphatic carbocycles. The Morgan fingerprint density at radius 3 is 2.55 bits per heavy atom. The highest BCUT2D eigenvalue weighted by molar-refractivity contribution is 5.83. The van der Waals surface area contributed by atoms with E-state index in [1.807, 2.05) is 18.2 Å². The van der Waals surface area contributed by atoms with Crippen molar-refractivity contribution < 1.29 is 4.74 Å². The van der Waals surface area contributed by atoms with Gasteiger partial charge in [-0.05, 0) is 84.5 Å². The van der Waals surface area contributed by atoms with Crippen molar-refractivity contribution in [2.45, 2.75) is 84.5 Å². The van der Waals surface area contributed by atoms with Gasteiger partial charge in [-0.2, -0.15) is 0 Å². The summed E-state index contributed by atoms with van der Waals surface area (Å²) in [4.78, 5) is 18.8. The Labute approximate surface area is 224 Å². The fourth-order valence-electron chi connectivity index (χ4n) is 5.90. The number of hydrogen-bond acceptors (Lipinski definition) is 6. The van der Waals surface area contributed by atoms with Gasteiger partial charge in [0.2, 0.25) is 0 Å². The van der Waals surface area contributed by atoms with Gasteiger partial charge in [-0.3, -0.25) is 9.69 Å². The highest BCUT2D eigenvalue weighted by atomic mass is 16.5. The minimum atomic E-state index is -0.0519. The van der Waals surface area contributed by atoms with Crippen LogP contribution in [0.5, 0.6) is 5.75 Å². The van der Waals surface area contributed by atoms with Crippen molar-refractivity contribution in [2.75, 3.05) is 7.11 Å². The number of hydrogen-bond donors (Lipinski definition) is 1. The van der Waals surface area contributed by atoms with Crippen LogP contribution in [0.2, 0.25) is 0 Å². The molecule has 8 heteroatoms. The predicted molar refractivity (Wildman–Crippen MR) is 149 cm³/mol. The van der Waals surface area contributed by atoms with E-state index < -0.39 is 0 Å². The Bertz CT molecular complexity index is 1440. The monoisotopic (exact) mass is 514 g/mol. The number of nitrogens with one attached hydrogen (secondary N) is 1. The molecule has 200 valence electrons. The van der Waals surface area contributed by atoms with E-state index in [1.165, 1.54) is 19.3 Å². The van der Waals surface area contributed by atoms with Gasteiger partial charge in [0.05, 0.1) is 19.2 Å². The molecule has 1 N–H and O–H groups in total. The maximum absolute atomic E-state index is 13.3. The summed E-state index contributed by atoms with van der Waals surface area (Å²) < 4.78 is 7.43. The van der Waals surface area contributed by atoms with Crippen molar-refractivity contribution in [1.82, 2.24) is 30.1 Å². The molecule has 0 saturated heterocycles. The van der Waals surface area contributed by atoms with Crippen molar-refractivity contribution in [1.29, 1.82) is 0 Å². The third-order valence-corrected chi connectivity index (χ3v) is 7.87. The number of methoxy groups -OCH3 is 1. The lowest BCUT2D eigenvalue weighted by molar-refractivity contribution is 0.155. The summed E-state index contributed by atoms with van der Waals surface area (Å²) in [6, 6.07) is 14.7. The first-order chi connectivity index (χ1) is 18.5. The normalized spacial score (nSPS) is 15.3. The maximum atomic E-state index is 13.3. The minimum absolute atomic E-state index is 0.0387. The average molecular weight is 515 g/mol. The molecule has 38 heavy (non-hydrogen) atoms. The van der Waals surface area contributed by atoms with E-state index in [1.54, 1.807) is 7.11 Å². The van der Waals surface area contributed by atoms with Crippen molar-refractivity contribution in [2.24, 2.45) is 0 Å². The highest BCUT2D eigenvalue weighted by Crippen LogP contribution is 2.33. The molecular formula is C30H38N6O2. The number of benzene rings is 2. The summed E-state index contributed by atoms with van der Waals surface area (Å²) in [6.07, 6.45) is 6.74. The van der Waals surface area contributed by atoms with E-state index in [9.17, 15) is 4.79 Å². The van der Waals surface area contributed by atoms with Crippen molar-refractivity contribution >= 4 is 10.9 Å². The van der Waals surface area contributed by atoms with Crippen molar-refractivity contribution in [3.8, 4) is 5.75 Å². The van der Waals surface area contributed by atoms with Crippen LogP contribution in [0.15, 0.2) is 47.3 Å². The first-order valence-corrected chi connectivity index (χ1v) is 13.7. The smallest absolute Gasteiger partial charge is 0.252 e. The Hall–Kier alpha value is -3.52. The second-order valence-electron chi connectivity index (χ2n) is 10.6. The van der Waals surface area contributed by atoms with Crippen LogP contribution >= 0.6 is 0 Å². The Morgan fingerprint density at radius 2 is 1.84 bits per heavy atom. The Kier molecular flexibility index (Phi) is 7.88. The molecule has 8 nitrogen and oxygen atoms in total. The largest absolute Gasteiger partial charge is 0.497 e. The van der Waals surface area contributed by atoms with Gasteiger partial charge >= 0.3 is 0 Å². The van der Waals surface area contributed by atoms with Crippen LogP contribution in [0.25, 0.3) is 10.9 Å². The molecule has 1 atom stereocenters. The van der Waals surface area contributed by atoms with Gasteiger partial charge < -0.3 is 9.72 Å². The first kappa shape index (κ1) is 26.1. The molecule has 0 amide bonds. The van der Waals surface area contributed by atoms with Crippen molar-refractivity contribution in [3.63, 3.8) is 0 Å². The van der Waals surface area contributed by atoms with Crippen LogP contribution in [0.4, 0.5) is 0 Å². The molecule has 2 heterocycles. The third kappa shape index (κ3) is 5.50. The van der Waals surface area contributed by atoms with Gasteiger partial charge in [-0.15, -0.1) is 5.10 Å². The van der Waals surface area contributed by atoms with Crippen LogP contribution in [-0.4, -0.2) is 37.2 Å². The minimum Gasteiger partial charge on any atom is -0.497 e.